The highest BCUT2D eigenvalue weighted by molar-refractivity contribution is 7.98. The third kappa shape index (κ3) is 3.73. The number of nitrogens with zero attached hydrogens (tertiary/aromatic N) is 5. The minimum Gasteiger partial charge on any atom is -0.283 e. The van der Waals surface area contributed by atoms with E-state index in [1.807, 2.05) is 57.2 Å². The van der Waals surface area contributed by atoms with Crippen LogP contribution in [0.4, 0.5) is 0 Å². The fraction of sp³-hybridized carbons (Fsp3) is 0.174. The first-order valence-corrected chi connectivity index (χ1v) is 11.6. The van der Waals surface area contributed by atoms with Gasteiger partial charge < -0.3 is 0 Å². The number of H-pyrrole nitrogens is 1. The lowest BCUT2D eigenvalue weighted by Crippen LogP contribution is -2.22. The third-order valence-corrected chi connectivity index (χ3v) is 6.86. The van der Waals surface area contributed by atoms with Gasteiger partial charge in [-0.1, -0.05) is 29.4 Å². The molecule has 2 N–H and O–H groups in total. The molecule has 0 saturated heterocycles. The molecule has 166 valence electrons. The van der Waals surface area contributed by atoms with Crippen LogP contribution < -0.4 is 11.0 Å². The lowest BCUT2D eigenvalue weighted by Gasteiger charge is -2.14. The van der Waals surface area contributed by atoms with Gasteiger partial charge in [0.2, 0.25) is 0 Å². The summed E-state index contributed by atoms with van der Waals surface area (Å²) in [6.45, 7) is 5.67. The van der Waals surface area contributed by atoms with Crippen molar-refractivity contribution in [2.75, 3.05) is 0 Å². The van der Waals surface area contributed by atoms with Crippen molar-refractivity contribution in [3.63, 3.8) is 0 Å². The van der Waals surface area contributed by atoms with Crippen LogP contribution in [0.1, 0.15) is 22.6 Å². The van der Waals surface area contributed by atoms with Gasteiger partial charge in [0.05, 0.1) is 11.1 Å². The molecule has 1 aromatic carbocycles. The number of rotatable bonds is 4. The van der Waals surface area contributed by atoms with E-state index in [2.05, 4.69) is 15.2 Å². The normalized spacial score (nSPS) is 11.5. The largest absolute Gasteiger partial charge is 0.283 e. The first kappa shape index (κ1) is 21.4. The molecule has 0 spiro atoms. The minimum absolute atomic E-state index is 0.123. The van der Waals surface area contributed by atoms with Gasteiger partial charge >= 0.3 is 0 Å². The number of pyridine rings is 1. The number of thioether (sulfide) groups is 1. The van der Waals surface area contributed by atoms with Gasteiger partial charge in [-0.05, 0) is 56.7 Å². The van der Waals surface area contributed by atoms with Crippen LogP contribution in [0.25, 0.3) is 22.4 Å². The van der Waals surface area contributed by atoms with Crippen molar-refractivity contribution in [1.29, 1.82) is 5.41 Å². The van der Waals surface area contributed by atoms with Gasteiger partial charge in [0.1, 0.15) is 11.1 Å². The molecule has 0 aliphatic carbocycles. The molecule has 0 radical (unpaired) electrons. The number of nitrogens with one attached hydrogen (secondary N) is 2. The van der Waals surface area contributed by atoms with Crippen molar-refractivity contribution >= 4 is 40.0 Å². The molecule has 4 aromatic heterocycles. The van der Waals surface area contributed by atoms with E-state index in [4.69, 9.17) is 22.0 Å². The van der Waals surface area contributed by atoms with Gasteiger partial charge in [-0.15, -0.1) is 0 Å². The van der Waals surface area contributed by atoms with Crippen LogP contribution >= 0.6 is 23.4 Å². The van der Waals surface area contributed by atoms with Crippen LogP contribution in [0.3, 0.4) is 0 Å². The van der Waals surface area contributed by atoms with E-state index >= 15 is 0 Å². The zero-order valence-corrected chi connectivity index (χ0v) is 19.8. The lowest BCUT2D eigenvalue weighted by atomic mass is 10.2. The van der Waals surface area contributed by atoms with Gasteiger partial charge in [0.15, 0.2) is 10.8 Å². The van der Waals surface area contributed by atoms with E-state index in [9.17, 15) is 4.79 Å². The van der Waals surface area contributed by atoms with E-state index < -0.39 is 0 Å². The average Bonchev–Trinajstić information content (AvgIpc) is 3.15. The lowest BCUT2D eigenvalue weighted by molar-refractivity contribution is 0.785. The summed E-state index contributed by atoms with van der Waals surface area (Å²) in [7, 11) is 0. The molecule has 0 fully saturated rings. The Morgan fingerprint density at radius 2 is 1.94 bits per heavy atom. The van der Waals surface area contributed by atoms with Crippen LogP contribution in [0, 0.1) is 26.2 Å². The Kier molecular flexibility index (Phi) is 5.30. The van der Waals surface area contributed by atoms with Crippen molar-refractivity contribution in [1.82, 2.24) is 29.1 Å². The maximum atomic E-state index is 12.7. The number of aryl methyl sites for hydroxylation is 3. The molecule has 8 nitrogen and oxygen atoms in total. The van der Waals surface area contributed by atoms with Gasteiger partial charge in [-0.3, -0.25) is 24.3 Å². The maximum Gasteiger partial charge on any atom is 0.258 e. The highest BCUT2D eigenvalue weighted by atomic mass is 35.5. The van der Waals surface area contributed by atoms with Crippen molar-refractivity contribution in [3.8, 4) is 5.69 Å². The molecule has 5 rings (SSSR count). The fourth-order valence-corrected chi connectivity index (χ4v) is 4.83. The van der Waals surface area contributed by atoms with E-state index in [0.717, 1.165) is 22.6 Å². The van der Waals surface area contributed by atoms with E-state index in [0.29, 0.717) is 38.3 Å². The predicted molar refractivity (Wildman–Crippen MR) is 129 cm³/mol. The van der Waals surface area contributed by atoms with E-state index in [-0.39, 0.29) is 11.0 Å². The Labute approximate surface area is 197 Å². The number of aromatic amines is 1. The Morgan fingerprint density at radius 1 is 1.12 bits per heavy atom. The Morgan fingerprint density at radius 3 is 2.73 bits per heavy atom. The summed E-state index contributed by atoms with van der Waals surface area (Å²) in [5, 5.41) is 18.0. The molecule has 5 aromatic rings. The van der Waals surface area contributed by atoms with Crippen LogP contribution in [0.15, 0.2) is 52.4 Å². The molecule has 4 heterocycles. The topological polar surface area (TPSA) is 105 Å². The summed E-state index contributed by atoms with van der Waals surface area (Å²) in [4.78, 5) is 22.0. The smallest absolute Gasteiger partial charge is 0.258 e. The zero-order valence-electron chi connectivity index (χ0n) is 18.2. The summed E-state index contributed by atoms with van der Waals surface area (Å²) in [5.41, 5.74) is 5.16. The second-order valence-electron chi connectivity index (χ2n) is 7.79. The molecule has 0 aliphatic rings. The molecule has 10 heteroatoms. The molecule has 0 unspecified atom stereocenters. The number of hydrogen-bond donors (Lipinski definition) is 2. The van der Waals surface area contributed by atoms with Crippen LogP contribution in [0.5, 0.6) is 0 Å². The Balaban J connectivity index is 1.62. The summed E-state index contributed by atoms with van der Waals surface area (Å²) in [6.07, 6.45) is 0. The van der Waals surface area contributed by atoms with Gasteiger partial charge in [0.25, 0.3) is 5.56 Å². The second kappa shape index (κ2) is 8.17. The highest BCUT2D eigenvalue weighted by Gasteiger charge is 2.16. The van der Waals surface area contributed by atoms with E-state index in [1.54, 1.807) is 15.0 Å². The SMILES string of the molecule is Cc1cc(-n2c(SCc3cc(=O)n4c(C)cccc4n3)nc3n[nH]c(C)c3c2=N)ccc1Cl. The number of benzene rings is 1. The number of aromatic nitrogens is 6. The molecule has 0 aliphatic heterocycles. The molecule has 33 heavy (non-hydrogen) atoms. The summed E-state index contributed by atoms with van der Waals surface area (Å²) in [5.74, 6) is 0.410. The van der Waals surface area contributed by atoms with Crippen LogP contribution in [0.2, 0.25) is 5.02 Å². The molecular formula is C23H20ClN7OS. The number of fused-ring (bicyclic) bond motifs is 2. The maximum absolute atomic E-state index is 12.7. The molecular weight excluding hydrogens is 458 g/mol. The fourth-order valence-electron chi connectivity index (χ4n) is 3.81. The monoisotopic (exact) mass is 477 g/mol. The summed E-state index contributed by atoms with van der Waals surface area (Å²) in [6, 6.07) is 12.7. The Bertz CT molecular complexity index is 1670. The van der Waals surface area contributed by atoms with Crippen LogP contribution in [-0.2, 0) is 5.75 Å². The van der Waals surface area contributed by atoms with Crippen molar-refractivity contribution in [2.24, 2.45) is 0 Å². The quantitative estimate of drug-likeness (QED) is 0.299. The number of hydrogen-bond acceptors (Lipinski definition) is 6. The van der Waals surface area contributed by atoms with Crippen molar-refractivity contribution in [3.05, 3.63) is 86.0 Å². The van der Waals surface area contributed by atoms with Crippen LogP contribution in [-0.4, -0.2) is 29.1 Å². The second-order valence-corrected chi connectivity index (χ2v) is 9.14. The minimum atomic E-state index is -0.123. The first-order valence-electron chi connectivity index (χ1n) is 10.2. The molecule has 0 amide bonds. The van der Waals surface area contributed by atoms with Gasteiger partial charge in [-0.25, -0.2) is 9.97 Å². The standard InChI is InChI=1S/C23H20ClN7OS/c1-12-9-16(7-8-17(12)24)31-21(25)20-14(3)28-29-22(20)27-23(31)33-11-15-10-19(32)30-13(2)5-4-6-18(30)26-15/h4-10,25H,11H2,1-3H3,(H,28,29). The third-order valence-electron chi connectivity index (χ3n) is 5.46. The number of halogens is 1. The average molecular weight is 478 g/mol. The van der Waals surface area contributed by atoms with Crippen molar-refractivity contribution in [2.45, 2.75) is 31.7 Å². The molecule has 0 atom stereocenters. The summed E-state index contributed by atoms with van der Waals surface area (Å²) < 4.78 is 3.36. The Hall–Kier alpha value is -3.43. The molecule has 0 bridgehead atoms. The predicted octanol–water partition coefficient (Wildman–Crippen LogP) is 4.11. The first-order chi connectivity index (χ1) is 15.8. The van der Waals surface area contributed by atoms with Crippen molar-refractivity contribution < 1.29 is 0 Å². The van der Waals surface area contributed by atoms with Gasteiger partial charge in [0, 0.05) is 33.9 Å². The van der Waals surface area contributed by atoms with E-state index in [1.165, 1.54) is 11.8 Å². The highest BCUT2D eigenvalue weighted by Crippen LogP contribution is 2.26. The molecule has 0 saturated carbocycles. The van der Waals surface area contributed by atoms with Gasteiger partial charge in [-0.2, -0.15) is 5.10 Å². The summed E-state index contributed by atoms with van der Waals surface area (Å²) >= 11 is 7.63. The zero-order chi connectivity index (χ0) is 23.3.